The Labute approximate surface area is 210 Å². The summed E-state index contributed by atoms with van der Waals surface area (Å²) >= 11 is 0. The summed E-state index contributed by atoms with van der Waals surface area (Å²) in [4.78, 5) is 33.8. The van der Waals surface area contributed by atoms with Gasteiger partial charge in [-0.25, -0.2) is 9.67 Å². The van der Waals surface area contributed by atoms with E-state index in [9.17, 15) is 9.59 Å². The molecule has 5 rings (SSSR count). The van der Waals surface area contributed by atoms with E-state index in [1.54, 1.807) is 18.3 Å². The SMILES string of the molecule is Cc1cc(-c2cc(C(=O)Nc3c(C)cccc3C(=O)N3CCCC3)c3cnn(C(C)C)c3n2)c(C)o1. The molecule has 0 atom stereocenters. The lowest BCUT2D eigenvalue weighted by Crippen LogP contribution is -2.29. The van der Waals surface area contributed by atoms with Gasteiger partial charge in [0.2, 0.25) is 0 Å². The second kappa shape index (κ2) is 9.26. The van der Waals surface area contributed by atoms with Crippen LogP contribution in [0.25, 0.3) is 22.3 Å². The van der Waals surface area contributed by atoms with E-state index >= 15 is 0 Å². The third-order valence-electron chi connectivity index (χ3n) is 6.75. The second-order valence-corrected chi connectivity index (χ2v) is 9.75. The van der Waals surface area contributed by atoms with E-state index in [-0.39, 0.29) is 17.9 Å². The molecule has 3 aromatic heterocycles. The van der Waals surface area contributed by atoms with Crippen LogP contribution in [0.1, 0.15) is 70.5 Å². The van der Waals surface area contributed by atoms with Gasteiger partial charge in [-0.05, 0) is 71.2 Å². The number of anilines is 1. The van der Waals surface area contributed by atoms with Crippen molar-refractivity contribution in [1.82, 2.24) is 19.7 Å². The highest BCUT2D eigenvalue weighted by molar-refractivity contribution is 6.15. The first-order chi connectivity index (χ1) is 17.2. The van der Waals surface area contributed by atoms with Crippen LogP contribution in [0.4, 0.5) is 5.69 Å². The number of hydrogen-bond acceptors (Lipinski definition) is 5. The van der Waals surface area contributed by atoms with Gasteiger partial charge in [0.05, 0.1) is 34.1 Å². The minimum atomic E-state index is -0.311. The number of fused-ring (bicyclic) bond motifs is 1. The number of pyridine rings is 1. The summed E-state index contributed by atoms with van der Waals surface area (Å²) in [5, 5.41) is 8.22. The highest BCUT2D eigenvalue weighted by atomic mass is 16.3. The lowest BCUT2D eigenvalue weighted by atomic mass is 10.0. The minimum Gasteiger partial charge on any atom is -0.466 e. The third kappa shape index (κ3) is 4.17. The molecule has 186 valence electrons. The number of furan rings is 1. The Morgan fingerprint density at radius 2 is 1.81 bits per heavy atom. The van der Waals surface area contributed by atoms with E-state index in [2.05, 4.69) is 10.4 Å². The highest BCUT2D eigenvalue weighted by Gasteiger charge is 2.25. The Balaban J connectivity index is 1.60. The quantitative estimate of drug-likeness (QED) is 0.392. The fraction of sp³-hybridized carbons (Fsp3) is 0.357. The van der Waals surface area contributed by atoms with Gasteiger partial charge in [-0.1, -0.05) is 12.1 Å². The molecule has 1 aliphatic heterocycles. The van der Waals surface area contributed by atoms with E-state index < -0.39 is 0 Å². The monoisotopic (exact) mass is 485 g/mol. The molecule has 2 amide bonds. The van der Waals surface area contributed by atoms with Crippen molar-refractivity contribution in [3.8, 4) is 11.3 Å². The molecule has 1 aromatic carbocycles. The summed E-state index contributed by atoms with van der Waals surface area (Å²) in [6.45, 7) is 11.2. The molecule has 4 heterocycles. The normalized spacial score (nSPS) is 13.7. The molecule has 0 unspecified atom stereocenters. The predicted molar refractivity (Wildman–Crippen MR) is 139 cm³/mol. The third-order valence-corrected chi connectivity index (χ3v) is 6.75. The number of carbonyl (C=O) groups excluding carboxylic acids is 2. The highest BCUT2D eigenvalue weighted by Crippen LogP contribution is 2.31. The van der Waals surface area contributed by atoms with Crippen molar-refractivity contribution in [3.05, 3.63) is 64.7 Å². The van der Waals surface area contributed by atoms with Crippen LogP contribution in [0.5, 0.6) is 0 Å². The van der Waals surface area contributed by atoms with Crippen molar-refractivity contribution in [2.45, 2.75) is 53.5 Å². The van der Waals surface area contributed by atoms with E-state index in [0.29, 0.717) is 33.5 Å². The number of para-hydroxylation sites is 1. The van der Waals surface area contributed by atoms with Gasteiger partial charge in [-0.3, -0.25) is 9.59 Å². The van der Waals surface area contributed by atoms with Gasteiger partial charge in [0.25, 0.3) is 11.8 Å². The first-order valence-electron chi connectivity index (χ1n) is 12.4. The van der Waals surface area contributed by atoms with Crippen molar-refractivity contribution in [2.24, 2.45) is 0 Å². The zero-order valence-corrected chi connectivity index (χ0v) is 21.4. The number of hydrogen-bond donors (Lipinski definition) is 1. The summed E-state index contributed by atoms with van der Waals surface area (Å²) in [7, 11) is 0. The molecule has 0 bridgehead atoms. The van der Waals surface area contributed by atoms with Gasteiger partial charge in [-0.2, -0.15) is 5.10 Å². The minimum absolute atomic E-state index is 0.0517. The Bertz CT molecular complexity index is 1470. The first kappa shape index (κ1) is 23.8. The first-order valence-corrected chi connectivity index (χ1v) is 12.4. The molecule has 8 heteroatoms. The van der Waals surface area contributed by atoms with Gasteiger partial charge in [0.1, 0.15) is 11.5 Å². The van der Waals surface area contributed by atoms with Crippen molar-refractivity contribution in [1.29, 1.82) is 0 Å². The molecule has 36 heavy (non-hydrogen) atoms. The molecule has 0 saturated carbocycles. The van der Waals surface area contributed by atoms with Crippen LogP contribution in [0.2, 0.25) is 0 Å². The number of aryl methyl sites for hydroxylation is 3. The van der Waals surface area contributed by atoms with Gasteiger partial charge in [0.15, 0.2) is 5.65 Å². The lowest BCUT2D eigenvalue weighted by Gasteiger charge is -2.19. The number of likely N-dealkylation sites (tertiary alicyclic amines) is 1. The fourth-order valence-electron chi connectivity index (χ4n) is 4.89. The van der Waals surface area contributed by atoms with Gasteiger partial charge in [0, 0.05) is 24.7 Å². The van der Waals surface area contributed by atoms with Crippen LogP contribution < -0.4 is 5.32 Å². The fourth-order valence-corrected chi connectivity index (χ4v) is 4.89. The Morgan fingerprint density at radius 3 is 2.47 bits per heavy atom. The zero-order valence-electron chi connectivity index (χ0n) is 21.4. The van der Waals surface area contributed by atoms with E-state index in [0.717, 1.165) is 48.6 Å². The van der Waals surface area contributed by atoms with Crippen molar-refractivity contribution in [2.75, 3.05) is 18.4 Å². The van der Waals surface area contributed by atoms with Crippen molar-refractivity contribution in [3.63, 3.8) is 0 Å². The van der Waals surface area contributed by atoms with Gasteiger partial charge >= 0.3 is 0 Å². The predicted octanol–water partition coefficient (Wildman–Crippen LogP) is 5.69. The van der Waals surface area contributed by atoms with Crippen LogP contribution in [-0.2, 0) is 0 Å². The number of nitrogens with zero attached hydrogens (tertiary/aromatic N) is 4. The van der Waals surface area contributed by atoms with Crippen molar-refractivity contribution < 1.29 is 14.0 Å². The molecule has 0 radical (unpaired) electrons. The van der Waals surface area contributed by atoms with E-state index in [1.165, 1.54) is 0 Å². The van der Waals surface area contributed by atoms with Gasteiger partial charge in [-0.15, -0.1) is 0 Å². The summed E-state index contributed by atoms with van der Waals surface area (Å²) < 4.78 is 7.55. The summed E-state index contributed by atoms with van der Waals surface area (Å²) in [5.74, 6) is 1.15. The number of rotatable bonds is 5. The van der Waals surface area contributed by atoms with E-state index in [4.69, 9.17) is 9.40 Å². The Hall–Kier alpha value is -3.94. The lowest BCUT2D eigenvalue weighted by molar-refractivity contribution is 0.0793. The molecule has 0 aliphatic carbocycles. The van der Waals surface area contributed by atoms with Crippen molar-refractivity contribution >= 4 is 28.5 Å². The van der Waals surface area contributed by atoms with E-state index in [1.807, 2.05) is 62.4 Å². The number of amides is 2. The van der Waals surface area contributed by atoms with Crippen LogP contribution in [0, 0.1) is 20.8 Å². The van der Waals surface area contributed by atoms with Crippen LogP contribution >= 0.6 is 0 Å². The maximum Gasteiger partial charge on any atom is 0.256 e. The van der Waals surface area contributed by atoms with Gasteiger partial charge < -0.3 is 14.6 Å². The zero-order chi connectivity index (χ0) is 25.6. The molecule has 8 nitrogen and oxygen atoms in total. The average molecular weight is 486 g/mol. The number of carbonyl (C=O) groups is 2. The maximum absolute atomic E-state index is 13.8. The molecule has 4 aromatic rings. The van der Waals surface area contributed by atoms with Crippen LogP contribution in [0.3, 0.4) is 0 Å². The topological polar surface area (TPSA) is 93.3 Å². The molecule has 1 saturated heterocycles. The summed E-state index contributed by atoms with van der Waals surface area (Å²) in [6, 6.07) is 9.31. The molecule has 0 spiro atoms. The number of nitrogens with one attached hydrogen (secondary N) is 1. The summed E-state index contributed by atoms with van der Waals surface area (Å²) in [5.41, 5.74) is 4.43. The summed E-state index contributed by atoms with van der Waals surface area (Å²) in [6.07, 6.45) is 3.69. The Morgan fingerprint density at radius 1 is 1.06 bits per heavy atom. The molecule has 1 aliphatic rings. The molecular weight excluding hydrogens is 454 g/mol. The standard InChI is InChI=1S/C28H31N5O3/c1-16(2)33-26-23(15-29-33)22(14-24(30-26)21-13-18(4)36-19(21)5)27(34)31-25-17(3)9-8-10-20(25)28(35)32-11-6-7-12-32/h8-10,13-16H,6-7,11-12H2,1-5H3,(H,31,34). The largest absolute Gasteiger partial charge is 0.466 e. The molecule has 1 N–H and O–H groups in total. The number of benzene rings is 1. The van der Waals surface area contributed by atoms with Crippen LogP contribution in [0.15, 0.2) is 40.9 Å². The molecule has 1 fully saturated rings. The Kier molecular flexibility index (Phi) is 6.12. The number of aromatic nitrogens is 3. The second-order valence-electron chi connectivity index (χ2n) is 9.75. The maximum atomic E-state index is 13.8. The van der Waals surface area contributed by atoms with Crippen LogP contribution in [-0.4, -0.2) is 44.6 Å². The average Bonchev–Trinajstić information content (AvgIpc) is 3.59. The molecular formula is C28H31N5O3. The smallest absolute Gasteiger partial charge is 0.256 e.